The molecular formula is C13H22N4S2. The summed E-state index contributed by atoms with van der Waals surface area (Å²) in [6.07, 6.45) is 4.21. The molecule has 4 nitrogen and oxygen atoms in total. The fourth-order valence-electron chi connectivity index (χ4n) is 2.28. The Hall–Kier alpha value is -0.750. The minimum Gasteiger partial charge on any atom is -0.328 e. The van der Waals surface area contributed by atoms with E-state index in [1.165, 1.54) is 0 Å². The van der Waals surface area contributed by atoms with Crippen LogP contribution in [0, 0.1) is 4.77 Å². The second-order valence-corrected chi connectivity index (χ2v) is 7.40. The fraction of sp³-hybridized carbons (Fsp3) is 0.692. The maximum absolute atomic E-state index is 5.48. The summed E-state index contributed by atoms with van der Waals surface area (Å²) in [5.41, 5.74) is 3.33. The van der Waals surface area contributed by atoms with Crippen LogP contribution < -0.4 is 0 Å². The Morgan fingerprint density at radius 2 is 2.11 bits per heavy atom. The minimum atomic E-state index is 0.155. The first kappa shape index (κ1) is 14.7. The second kappa shape index (κ2) is 5.32. The predicted octanol–water partition coefficient (Wildman–Crippen LogP) is 3.53. The molecule has 0 fully saturated rings. The van der Waals surface area contributed by atoms with Gasteiger partial charge in [0.05, 0.1) is 5.69 Å². The molecule has 19 heavy (non-hydrogen) atoms. The summed E-state index contributed by atoms with van der Waals surface area (Å²) in [6.45, 7) is 7.53. The highest BCUT2D eigenvalue weighted by atomic mass is 32.2. The van der Waals surface area contributed by atoms with E-state index in [1.807, 2.05) is 23.5 Å². The molecule has 6 heteroatoms. The number of hydrogen-bond donors (Lipinski definition) is 1. The molecule has 106 valence electrons. The van der Waals surface area contributed by atoms with E-state index in [2.05, 4.69) is 41.7 Å². The number of aromatic amines is 1. The van der Waals surface area contributed by atoms with Crippen LogP contribution in [-0.2, 0) is 20.0 Å². The molecule has 0 atom stereocenters. The van der Waals surface area contributed by atoms with Gasteiger partial charge in [0.25, 0.3) is 0 Å². The topological polar surface area (TPSA) is 38.5 Å². The molecule has 0 saturated heterocycles. The first-order valence-corrected chi connectivity index (χ1v) is 8.22. The van der Waals surface area contributed by atoms with E-state index in [4.69, 9.17) is 12.2 Å². The van der Waals surface area contributed by atoms with Crippen LogP contribution in [0.1, 0.15) is 32.9 Å². The van der Waals surface area contributed by atoms with Gasteiger partial charge in [-0.15, -0.1) is 0 Å². The summed E-state index contributed by atoms with van der Waals surface area (Å²) >= 11 is 7.34. The highest BCUT2D eigenvalue weighted by molar-refractivity contribution is 7.99. The number of aryl methyl sites for hydroxylation is 2. The van der Waals surface area contributed by atoms with E-state index < -0.39 is 0 Å². The smallest absolute Gasteiger partial charge is 0.179 e. The van der Waals surface area contributed by atoms with Crippen molar-refractivity contribution in [2.24, 2.45) is 7.05 Å². The van der Waals surface area contributed by atoms with Crippen molar-refractivity contribution < 1.29 is 0 Å². The van der Waals surface area contributed by atoms with E-state index in [0.29, 0.717) is 0 Å². The number of imidazole rings is 1. The first-order chi connectivity index (χ1) is 8.89. The number of rotatable bonds is 5. The number of H-pyrrole nitrogens is 1. The average molecular weight is 298 g/mol. The van der Waals surface area contributed by atoms with Crippen molar-refractivity contribution in [3.05, 3.63) is 10.5 Å². The molecule has 0 amide bonds. The number of hydrogen-bond acceptors (Lipinski definition) is 3. The van der Waals surface area contributed by atoms with Crippen molar-refractivity contribution in [2.75, 3.05) is 6.26 Å². The van der Waals surface area contributed by atoms with Crippen LogP contribution in [0.2, 0.25) is 0 Å². The maximum Gasteiger partial charge on any atom is 0.179 e. The van der Waals surface area contributed by atoms with Gasteiger partial charge in [0.15, 0.2) is 10.4 Å². The van der Waals surface area contributed by atoms with Crippen molar-refractivity contribution in [3.8, 4) is 0 Å². The highest BCUT2D eigenvalue weighted by Crippen LogP contribution is 2.27. The molecule has 2 aromatic rings. The molecule has 0 saturated carbocycles. The van der Waals surface area contributed by atoms with E-state index in [0.717, 1.165) is 41.0 Å². The molecule has 0 aliphatic heterocycles. The molecule has 0 bridgehead atoms. The van der Waals surface area contributed by atoms with Gasteiger partial charge in [0.1, 0.15) is 5.52 Å². The summed E-state index contributed by atoms with van der Waals surface area (Å²) in [6, 6.07) is 0. The quantitative estimate of drug-likeness (QED) is 0.858. The zero-order valence-electron chi connectivity index (χ0n) is 12.3. The van der Waals surface area contributed by atoms with E-state index in [9.17, 15) is 0 Å². The van der Waals surface area contributed by atoms with Gasteiger partial charge < -0.3 is 9.55 Å². The zero-order valence-corrected chi connectivity index (χ0v) is 13.9. The molecule has 0 aliphatic carbocycles. The maximum atomic E-state index is 5.48. The molecule has 0 spiro atoms. The zero-order chi connectivity index (χ0) is 14.2. The van der Waals surface area contributed by atoms with Gasteiger partial charge >= 0.3 is 0 Å². The molecule has 0 radical (unpaired) electrons. The van der Waals surface area contributed by atoms with Gasteiger partial charge in [-0.3, -0.25) is 4.68 Å². The first-order valence-electron chi connectivity index (χ1n) is 6.59. The summed E-state index contributed by atoms with van der Waals surface area (Å²) in [7, 11) is 1.99. The minimum absolute atomic E-state index is 0.155. The molecule has 1 N–H and O–H groups in total. The van der Waals surface area contributed by atoms with Crippen LogP contribution in [0.3, 0.4) is 0 Å². The lowest BCUT2D eigenvalue weighted by Crippen LogP contribution is -2.23. The van der Waals surface area contributed by atoms with E-state index in [1.54, 1.807) is 0 Å². The number of nitrogens with one attached hydrogen (secondary N) is 1. The summed E-state index contributed by atoms with van der Waals surface area (Å²) < 4.78 is 5.07. The third-order valence-electron chi connectivity index (χ3n) is 3.40. The number of aromatic nitrogens is 4. The Bertz CT molecular complexity index is 633. The molecule has 0 unspecified atom stereocenters. The standard InChI is InChI=1S/C13H22N4S2/c1-6-7-9-10-11(16(4)15-9)17(12(18)14-10)8-13(2,3)19-5/h6-8H2,1-5H3,(H,14,18). The molecule has 2 rings (SSSR count). The van der Waals surface area contributed by atoms with Crippen LogP contribution in [-0.4, -0.2) is 30.3 Å². The van der Waals surface area contributed by atoms with Crippen LogP contribution >= 0.6 is 24.0 Å². The average Bonchev–Trinajstić information content (AvgIpc) is 2.80. The van der Waals surface area contributed by atoms with Gasteiger partial charge in [-0.1, -0.05) is 13.3 Å². The van der Waals surface area contributed by atoms with Crippen molar-refractivity contribution in [3.63, 3.8) is 0 Å². The normalized spacial score (nSPS) is 12.5. The highest BCUT2D eigenvalue weighted by Gasteiger charge is 2.21. The van der Waals surface area contributed by atoms with Crippen molar-refractivity contribution >= 4 is 35.1 Å². The van der Waals surface area contributed by atoms with E-state index >= 15 is 0 Å². The SMILES string of the molecule is CCCc1nn(C)c2c1[nH]c(=S)n2CC(C)(C)SC. The Morgan fingerprint density at radius 1 is 1.42 bits per heavy atom. The summed E-state index contributed by atoms with van der Waals surface area (Å²) in [5, 5.41) is 4.61. The van der Waals surface area contributed by atoms with Crippen molar-refractivity contribution in [1.29, 1.82) is 0 Å². The fourth-order valence-corrected chi connectivity index (χ4v) is 2.79. The van der Waals surface area contributed by atoms with E-state index in [-0.39, 0.29) is 4.75 Å². The Morgan fingerprint density at radius 3 is 2.68 bits per heavy atom. The van der Waals surface area contributed by atoms with Gasteiger partial charge in [0.2, 0.25) is 0 Å². The van der Waals surface area contributed by atoms with Crippen LogP contribution in [0.25, 0.3) is 11.2 Å². The molecular weight excluding hydrogens is 276 g/mol. The van der Waals surface area contributed by atoms with Crippen LogP contribution in [0.4, 0.5) is 0 Å². The van der Waals surface area contributed by atoms with Gasteiger partial charge in [-0.25, -0.2) is 0 Å². The van der Waals surface area contributed by atoms with Crippen molar-refractivity contribution in [2.45, 2.75) is 44.9 Å². The van der Waals surface area contributed by atoms with Gasteiger partial charge in [-0.2, -0.15) is 16.9 Å². The molecule has 2 aromatic heterocycles. The predicted molar refractivity (Wildman–Crippen MR) is 85.5 cm³/mol. The van der Waals surface area contributed by atoms with Crippen LogP contribution in [0.5, 0.6) is 0 Å². The van der Waals surface area contributed by atoms with Gasteiger partial charge in [-0.05, 0) is 38.7 Å². The van der Waals surface area contributed by atoms with Crippen molar-refractivity contribution in [1.82, 2.24) is 19.3 Å². The number of nitrogens with zero attached hydrogens (tertiary/aromatic N) is 3. The summed E-state index contributed by atoms with van der Waals surface area (Å²) in [5.74, 6) is 0. The summed E-state index contributed by atoms with van der Waals surface area (Å²) in [4.78, 5) is 3.33. The molecule has 0 aromatic carbocycles. The molecule has 2 heterocycles. The monoisotopic (exact) mass is 298 g/mol. The Balaban J connectivity index is 2.56. The lowest BCUT2D eigenvalue weighted by atomic mass is 10.2. The lowest BCUT2D eigenvalue weighted by molar-refractivity contribution is 0.561. The molecule has 0 aliphatic rings. The number of thioether (sulfide) groups is 1. The third kappa shape index (κ3) is 2.74. The van der Waals surface area contributed by atoms with Crippen LogP contribution in [0.15, 0.2) is 0 Å². The Kier molecular flexibility index (Phi) is 4.11. The third-order valence-corrected chi connectivity index (χ3v) is 4.96. The lowest BCUT2D eigenvalue weighted by Gasteiger charge is -2.22. The number of fused-ring (bicyclic) bond motifs is 1. The second-order valence-electron chi connectivity index (χ2n) is 5.50. The Labute approximate surface area is 123 Å². The largest absolute Gasteiger partial charge is 0.328 e. The van der Waals surface area contributed by atoms with Gasteiger partial charge in [0, 0.05) is 18.3 Å².